The van der Waals surface area contributed by atoms with E-state index in [2.05, 4.69) is 20.0 Å². The van der Waals surface area contributed by atoms with Crippen molar-refractivity contribution >= 4 is 43.3 Å². The summed E-state index contributed by atoms with van der Waals surface area (Å²) >= 11 is 0. The van der Waals surface area contributed by atoms with Crippen molar-refractivity contribution in [1.82, 2.24) is 14.7 Å². The molecule has 0 amide bonds. The number of fused-ring (bicyclic) bond motifs is 1. The summed E-state index contributed by atoms with van der Waals surface area (Å²) in [5.74, 6) is 0.0212. The molecule has 1 aliphatic rings. The minimum absolute atomic E-state index is 0.154. The highest BCUT2D eigenvalue weighted by molar-refractivity contribution is 7.89. The molecule has 1 aliphatic carbocycles. The maximum Gasteiger partial charge on any atom is 0.238 e. The molecule has 9 nitrogen and oxygen atoms in total. The van der Waals surface area contributed by atoms with Crippen LogP contribution in [0.5, 0.6) is 11.5 Å². The van der Waals surface area contributed by atoms with E-state index >= 15 is 0 Å². The van der Waals surface area contributed by atoms with Crippen LogP contribution in [-0.2, 0) is 21.0 Å². The topological polar surface area (TPSA) is 136 Å². The van der Waals surface area contributed by atoms with Gasteiger partial charge in [0, 0.05) is 53.4 Å². The van der Waals surface area contributed by atoms with E-state index in [0.29, 0.717) is 32.9 Å². The SMILES string of the molecule is NS(=O)(=O)c1cc(Nc2c(S(=O)NC3CC3)cnc3cc(-c4cccnc4)ccc23)cc(Oc2ccc(F)cc2)c1. The van der Waals surface area contributed by atoms with E-state index in [4.69, 9.17) is 9.88 Å². The fourth-order valence-corrected chi connectivity index (χ4v) is 5.96. The molecule has 0 spiro atoms. The first-order chi connectivity index (χ1) is 19.7. The van der Waals surface area contributed by atoms with Crippen LogP contribution in [0.3, 0.4) is 0 Å². The van der Waals surface area contributed by atoms with Crippen molar-refractivity contribution in [2.75, 3.05) is 5.32 Å². The minimum Gasteiger partial charge on any atom is -0.457 e. The Labute approximate surface area is 238 Å². The van der Waals surface area contributed by atoms with Crippen molar-refractivity contribution in [3.05, 3.63) is 97.2 Å². The maximum absolute atomic E-state index is 13.4. The Morgan fingerprint density at radius 1 is 0.951 bits per heavy atom. The Hall–Kier alpha value is -4.23. The van der Waals surface area contributed by atoms with Gasteiger partial charge in [-0.3, -0.25) is 9.97 Å². The van der Waals surface area contributed by atoms with Gasteiger partial charge in [0.25, 0.3) is 0 Å². The lowest BCUT2D eigenvalue weighted by Crippen LogP contribution is -2.20. The number of hydrogen-bond donors (Lipinski definition) is 3. The van der Waals surface area contributed by atoms with Gasteiger partial charge in [0.05, 0.1) is 21.0 Å². The number of halogens is 1. The molecule has 12 heteroatoms. The van der Waals surface area contributed by atoms with Gasteiger partial charge in [-0.25, -0.2) is 26.9 Å². The van der Waals surface area contributed by atoms with Crippen LogP contribution in [0.25, 0.3) is 22.0 Å². The van der Waals surface area contributed by atoms with Crippen molar-refractivity contribution in [2.24, 2.45) is 5.14 Å². The van der Waals surface area contributed by atoms with Gasteiger partial charge in [0.2, 0.25) is 10.0 Å². The zero-order chi connectivity index (χ0) is 28.6. The molecule has 2 aromatic heterocycles. The number of rotatable bonds is 9. The summed E-state index contributed by atoms with van der Waals surface area (Å²) in [6.45, 7) is 0. The number of aromatic nitrogens is 2. The van der Waals surface area contributed by atoms with Gasteiger partial charge < -0.3 is 10.1 Å². The summed E-state index contributed by atoms with van der Waals surface area (Å²) in [5.41, 5.74) is 3.25. The number of ether oxygens (including phenoxy) is 1. The predicted octanol–water partition coefficient (Wildman–Crippen LogP) is 5.39. The summed E-state index contributed by atoms with van der Waals surface area (Å²) in [6, 6.07) is 19.2. The van der Waals surface area contributed by atoms with E-state index < -0.39 is 26.8 Å². The summed E-state index contributed by atoms with van der Waals surface area (Å²) in [6.07, 6.45) is 6.87. The third-order valence-electron chi connectivity index (χ3n) is 6.41. The van der Waals surface area contributed by atoms with Gasteiger partial charge >= 0.3 is 0 Å². The van der Waals surface area contributed by atoms with Crippen molar-refractivity contribution < 1.29 is 21.8 Å². The molecular weight excluding hydrogens is 565 g/mol. The number of sulfonamides is 1. The van der Waals surface area contributed by atoms with Gasteiger partial charge in [-0.05, 0) is 60.9 Å². The number of pyridine rings is 2. The third-order valence-corrected chi connectivity index (χ3v) is 8.56. The van der Waals surface area contributed by atoms with Crippen molar-refractivity contribution in [2.45, 2.75) is 28.7 Å². The molecule has 0 saturated heterocycles. The Kier molecular flexibility index (Phi) is 7.22. The molecule has 4 N–H and O–H groups in total. The normalized spacial score (nSPS) is 14.1. The summed E-state index contributed by atoms with van der Waals surface area (Å²) in [4.78, 5) is 8.98. The van der Waals surface area contributed by atoms with Gasteiger partial charge in [-0.2, -0.15) is 0 Å². The van der Waals surface area contributed by atoms with Crippen molar-refractivity contribution in [3.8, 4) is 22.6 Å². The lowest BCUT2D eigenvalue weighted by molar-refractivity contribution is 0.479. The maximum atomic E-state index is 13.4. The lowest BCUT2D eigenvalue weighted by Gasteiger charge is -2.17. The quantitative estimate of drug-likeness (QED) is 0.210. The average Bonchev–Trinajstić information content (AvgIpc) is 3.78. The second-order valence-electron chi connectivity index (χ2n) is 9.55. The van der Waals surface area contributed by atoms with Crippen LogP contribution < -0.4 is 19.9 Å². The highest BCUT2D eigenvalue weighted by Gasteiger charge is 2.26. The molecule has 0 bridgehead atoms. The Balaban J connectivity index is 1.45. The predicted molar refractivity (Wildman–Crippen MR) is 155 cm³/mol. The third kappa shape index (κ3) is 6.25. The minimum atomic E-state index is -4.12. The molecule has 1 atom stereocenters. The number of anilines is 2. The molecule has 208 valence electrons. The first-order valence-corrected chi connectivity index (χ1v) is 15.3. The van der Waals surface area contributed by atoms with Crippen LogP contribution in [0.15, 0.2) is 101 Å². The molecule has 1 unspecified atom stereocenters. The van der Waals surface area contributed by atoms with Gasteiger partial charge in [-0.1, -0.05) is 18.2 Å². The molecule has 5 aromatic rings. The van der Waals surface area contributed by atoms with Crippen LogP contribution in [0.2, 0.25) is 0 Å². The largest absolute Gasteiger partial charge is 0.457 e. The Morgan fingerprint density at radius 3 is 2.46 bits per heavy atom. The highest BCUT2D eigenvalue weighted by atomic mass is 32.2. The molecule has 1 fully saturated rings. The van der Waals surface area contributed by atoms with E-state index in [1.54, 1.807) is 24.7 Å². The van der Waals surface area contributed by atoms with E-state index in [9.17, 15) is 17.0 Å². The smallest absolute Gasteiger partial charge is 0.238 e. The zero-order valence-electron chi connectivity index (χ0n) is 21.5. The number of nitrogens with one attached hydrogen (secondary N) is 2. The molecule has 41 heavy (non-hydrogen) atoms. The average molecular weight is 590 g/mol. The number of primary sulfonamides is 1. The monoisotopic (exact) mass is 589 g/mol. The number of hydrogen-bond acceptors (Lipinski definition) is 7. The van der Waals surface area contributed by atoms with E-state index in [-0.39, 0.29) is 16.7 Å². The second kappa shape index (κ2) is 11.0. The number of benzene rings is 3. The van der Waals surface area contributed by atoms with Gasteiger partial charge in [0.15, 0.2) is 0 Å². The van der Waals surface area contributed by atoms with Crippen molar-refractivity contribution in [3.63, 3.8) is 0 Å². The molecule has 3 aromatic carbocycles. The number of nitrogens with two attached hydrogens (primary N) is 1. The Morgan fingerprint density at radius 2 is 1.76 bits per heavy atom. The first kappa shape index (κ1) is 27.0. The molecule has 1 saturated carbocycles. The molecule has 0 aliphatic heterocycles. The van der Waals surface area contributed by atoms with E-state index in [1.165, 1.54) is 36.4 Å². The zero-order valence-corrected chi connectivity index (χ0v) is 23.1. The number of nitrogens with zero attached hydrogens (tertiary/aromatic N) is 2. The van der Waals surface area contributed by atoms with Crippen molar-refractivity contribution in [1.29, 1.82) is 0 Å². The standard InChI is InChI=1S/C29H24FN5O4S2/c30-20-4-8-23(9-5-20)39-24-13-22(14-25(15-24)41(31,37)38)34-29-26-10-3-18(19-2-1-11-32-16-19)12-27(26)33-17-28(29)40(36)35-21-6-7-21/h1-5,8-17,21,35H,6-7H2,(H,33,34)(H2,31,37,38). The van der Waals surface area contributed by atoms with Gasteiger partial charge in [-0.15, -0.1) is 0 Å². The molecule has 2 heterocycles. The Bertz CT molecular complexity index is 1880. The fourth-order valence-electron chi connectivity index (χ4n) is 4.22. The van der Waals surface area contributed by atoms with Gasteiger partial charge in [0.1, 0.15) is 28.3 Å². The van der Waals surface area contributed by atoms with Crippen LogP contribution in [-0.4, -0.2) is 28.6 Å². The highest BCUT2D eigenvalue weighted by Crippen LogP contribution is 2.36. The summed E-state index contributed by atoms with van der Waals surface area (Å²) in [7, 11) is -5.71. The van der Waals surface area contributed by atoms with E-state index in [1.807, 2.05) is 30.3 Å². The summed E-state index contributed by atoms with van der Waals surface area (Å²) in [5, 5.41) is 9.39. The lowest BCUT2D eigenvalue weighted by atomic mass is 10.0. The van der Waals surface area contributed by atoms with Crippen LogP contribution in [0.4, 0.5) is 15.8 Å². The first-order valence-electron chi connectivity index (χ1n) is 12.6. The van der Waals surface area contributed by atoms with Crippen LogP contribution in [0, 0.1) is 5.82 Å². The second-order valence-corrected chi connectivity index (χ2v) is 12.3. The molecular formula is C29H24FN5O4S2. The van der Waals surface area contributed by atoms with Crippen LogP contribution in [0.1, 0.15) is 12.8 Å². The van der Waals surface area contributed by atoms with E-state index in [0.717, 1.165) is 24.0 Å². The molecule has 0 radical (unpaired) electrons. The van der Waals surface area contributed by atoms with Crippen LogP contribution >= 0.6 is 0 Å². The fraction of sp³-hybridized carbons (Fsp3) is 0.103. The summed E-state index contributed by atoms with van der Waals surface area (Å²) < 4.78 is 60.3. The molecule has 6 rings (SSSR count).